The van der Waals surface area contributed by atoms with E-state index in [2.05, 4.69) is 32.8 Å². The van der Waals surface area contributed by atoms with Crippen molar-refractivity contribution in [3.8, 4) is 0 Å². The quantitative estimate of drug-likeness (QED) is 0.449. The number of hydrogen-bond donors (Lipinski definition) is 2. The van der Waals surface area contributed by atoms with Gasteiger partial charge < -0.3 is 19.9 Å². The van der Waals surface area contributed by atoms with Crippen LogP contribution in [0.5, 0.6) is 0 Å². The van der Waals surface area contributed by atoms with E-state index in [-0.39, 0.29) is 5.91 Å². The van der Waals surface area contributed by atoms with Crippen molar-refractivity contribution < 1.29 is 9.90 Å². The lowest BCUT2D eigenvalue weighted by Crippen LogP contribution is -2.37. The number of aromatic nitrogens is 5. The number of aliphatic hydroxyl groups is 1. The number of amides is 1. The highest BCUT2D eigenvalue weighted by molar-refractivity contribution is 6.06. The van der Waals surface area contributed by atoms with Crippen molar-refractivity contribution in [2.45, 2.75) is 58.5 Å². The first-order valence-electron chi connectivity index (χ1n) is 12.8. The minimum Gasteiger partial charge on any atom is -0.387 e. The summed E-state index contributed by atoms with van der Waals surface area (Å²) in [6, 6.07) is 6.41. The Morgan fingerprint density at radius 2 is 1.94 bits per heavy atom. The predicted octanol–water partition coefficient (Wildman–Crippen LogP) is 4.05. The number of hydrogen-bond acceptors (Lipinski definition) is 7. The van der Waals surface area contributed by atoms with E-state index >= 15 is 0 Å². The molecule has 1 fully saturated rings. The molecule has 5 heterocycles. The lowest BCUT2D eigenvalue weighted by Gasteiger charge is -2.28. The maximum Gasteiger partial charge on any atom is 0.248 e. The molecule has 6 rings (SSSR count). The Labute approximate surface area is 209 Å². The maximum atomic E-state index is 11.9. The van der Waals surface area contributed by atoms with Crippen molar-refractivity contribution in [3.05, 3.63) is 47.5 Å². The largest absolute Gasteiger partial charge is 0.387 e. The summed E-state index contributed by atoms with van der Waals surface area (Å²) >= 11 is 0. The van der Waals surface area contributed by atoms with Crippen molar-refractivity contribution in [3.63, 3.8) is 0 Å². The van der Waals surface area contributed by atoms with Gasteiger partial charge in [-0.3, -0.25) is 9.78 Å². The summed E-state index contributed by atoms with van der Waals surface area (Å²) in [5, 5.41) is 14.7. The average Bonchev–Trinajstić information content (AvgIpc) is 3.21. The number of pyridine rings is 2. The highest BCUT2D eigenvalue weighted by Crippen LogP contribution is 2.38. The van der Waals surface area contributed by atoms with Gasteiger partial charge in [0.25, 0.3) is 0 Å². The predicted molar refractivity (Wildman–Crippen MR) is 138 cm³/mol. The molecule has 4 aromatic rings. The molecule has 0 spiro atoms. The van der Waals surface area contributed by atoms with Crippen molar-refractivity contribution in [1.82, 2.24) is 29.4 Å². The molecule has 9 nitrogen and oxygen atoms in total. The number of fused-ring (bicyclic) bond motifs is 4. The summed E-state index contributed by atoms with van der Waals surface area (Å²) in [6.45, 7) is 4.92. The van der Waals surface area contributed by atoms with Gasteiger partial charge in [0.2, 0.25) is 11.9 Å². The van der Waals surface area contributed by atoms with Gasteiger partial charge >= 0.3 is 0 Å². The van der Waals surface area contributed by atoms with Crippen LogP contribution in [0.4, 0.5) is 11.8 Å². The molecular formula is C27H31N7O2. The van der Waals surface area contributed by atoms with Crippen molar-refractivity contribution in [2.24, 2.45) is 5.92 Å². The van der Waals surface area contributed by atoms with Crippen molar-refractivity contribution in [1.29, 1.82) is 0 Å². The van der Waals surface area contributed by atoms with Crippen LogP contribution in [0.25, 0.3) is 21.9 Å². The zero-order valence-electron chi connectivity index (χ0n) is 20.7. The molecule has 2 N–H and O–H groups in total. The standard InChI is InChI=1S/C27H31N7O2/c1-16-3-6-19(7-4-16)34-23-13-28-17(2)11-20(23)21-12-29-27(32-26(21)34)31-24-8-5-18-14-33(25(36)15-35)10-9-22(18)30-24/h5,8,11-13,16,19,35H,3-4,6-7,9-10,14-15H2,1-2H3,(H,29,30,31,32)/t16-,19-. The summed E-state index contributed by atoms with van der Waals surface area (Å²) in [5.41, 5.74) is 4.99. The molecule has 0 atom stereocenters. The zero-order chi connectivity index (χ0) is 24.8. The van der Waals surface area contributed by atoms with E-state index in [9.17, 15) is 4.79 Å². The monoisotopic (exact) mass is 485 g/mol. The van der Waals surface area contributed by atoms with E-state index in [0.29, 0.717) is 37.3 Å². The fraction of sp³-hybridized carbons (Fsp3) is 0.444. The summed E-state index contributed by atoms with van der Waals surface area (Å²) in [7, 11) is 0. The lowest BCUT2D eigenvalue weighted by molar-refractivity contribution is -0.135. The highest BCUT2D eigenvalue weighted by atomic mass is 16.3. The van der Waals surface area contributed by atoms with Gasteiger partial charge in [-0.25, -0.2) is 9.97 Å². The van der Waals surface area contributed by atoms with Gasteiger partial charge in [0.05, 0.1) is 11.7 Å². The Morgan fingerprint density at radius 1 is 1.11 bits per heavy atom. The number of nitrogens with zero attached hydrogens (tertiary/aromatic N) is 6. The van der Waals surface area contributed by atoms with Crippen LogP contribution in [0, 0.1) is 12.8 Å². The number of aryl methyl sites for hydroxylation is 1. The van der Waals surface area contributed by atoms with Crippen LogP contribution in [0.2, 0.25) is 0 Å². The third-order valence-electron chi connectivity index (χ3n) is 7.69. The number of carbonyl (C=O) groups is 1. The zero-order valence-corrected chi connectivity index (χ0v) is 20.7. The average molecular weight is 486 g/mol. The summed E-state index contributed by atoms with van der Waals surface area (Å²) in [5.74, 6) is 1.71. The molecular weight excluding hydrogens is 454 g/mol. The van der Waals surface area contributed by atoms with E-state index in [4.69, 9.17) is 15.1 Å². The fourth-order valence-corrected chi connectivity index (χ4v) is 5.66. The topological polar surface area (TPSA) is 109 Å². The smallest absolute Gasteiger partial charge is 0.248 e. The SMILES string of the molecule is Cc1cc2c3cnc(Nc4ccc5c(n4)CCN(C(=O)CO)C5)nc3n([C@H]3CC[C@H](C)CC3)c2cn1. The number of nitrogens with one attached hydrogen (secondary N) is 1. The fourth-order valence-electron chi connectivity index (χ4n) is 5.66. The highest BCUT2D eigenvalue weighted by Gasteiger charge is 2.25. The number of carbonyl (C=O) groups excluding carboxylic acids is 1. The van der Waals surface area contributed by atoms with E-state index < -0.39 is 6.61 Å². The van der Waals surface area contributed by atoms with Crippen molar-refractivity contribution >= 4 is 39.6 Å². The molecule has 0 aromatic carbocycles. The first kappa shape index (κ1) is 22.8. The normalized spacial score (nSPS) is 20.0. The van der Waals surface area contributed by atoms with Gasteiger partial charge in [-0.05, 0) is 56.2 Å². The first-order valence-corrected chi connectivity index (χ1v) is 12.8. The lowest BCUT2D eigenvalue weighted by atomic mass is 9.87. The van der Waals surface area contributed by atoms with Gasteiger partial charge in [0.1, 0.15) is 18.1 Å². The molecule has 0 radical (unpaired) electrons. The second-order valence-electron chi connectivity index (χ2n) is 10.2. The molecule has 0 unspecified atom stereocenters. The van der Waals surface area contributed by atoms with Gasteiger partial charge in [0.15, 0.2) is 0 Å². The summed E-state index contributed by atoms with van der Waals surface area (Å²) < 4.78 is 2.38. The van der Waals surface area contributed by atoms with Gasteiger partial charge in [-0.1, -0.05) is 13.0 Å². The minimum absolute atomic E-state index is 0.252. The maximum absolute atomic E-state index is 11.9. The van der Waals surface area contributed by atoms with E-state index in [1.807, 2.05) is 31.5 Å². The molecule has 186 valence electrons. The van der Waals surface area contributed by atoms with E-state index in [1.165, 1.54) is 12.8 Å². The van der Waals surface area contributed by atoms with Gasteiger partial charge in [0, 0.05) is 53.9 Å². The molecule has 36 heavy (non-hydrogen) atoms. The first-order chi connectivity index (χ1) is 17.5. The van der Waals surface area contributed by atoms with Crippen LogP contribution < -0.4 is 5.32 Å². The molecule has 1 aliphatic heterocycles. The Morgan fingerprint density at radius 3 is 2.75 bits per heavy atom. The van der Waals surface area contributed by atoms with Crippen LogP contribution in [0.1, 0.15) is 55.6 Å². The molecule has 9 heteroatoms. The second-order valence-corrected chi connectivity index (χ2v) is 10.2. The molecule has 0 saturated heterocycles. The summed E-state index contributed by atoms with van der Waals surface area (Å²) in [6.07, 6.45) is 9.27. The van der Waals surface area contributed by atoms with Crippen LogP contribution in [0.3, 0.4) is 0 Å². The van der Waals surface area contributed by atoms with Crippen LogP contribution >= 0.6 is 0 Å². The number of rotatable bonds is 4. The third-order valence-corrected chi connectivity index (χ3v) is 7.69. The molecule has 1 saturated carbocycles. The van der Waals surface area contributed by atoms with Crippen molar-refractivity contribution in [2.75, 3.05) is 18.5 Å². The molecule has 1 aliphatic carbocycles. The van der Waals surface area contributed by atoms with E-state index in [0.717, 1.165) is 57.6 Å². The molecule has 4 aromatic heterocycles. The summed E-state index contributed by atoms with van der Waals surface area (Å²) in [4.78, 5) is 32.5. The molecule has 2 aliphatic rings. The van der Waals surface area contributed by atoms with Crippen LogP contribution in [0.15, 0.2) is 30.6 Å². The third kappa shape index (κ3) is 4.07. The van der Waals surface area contributed by atoms with Gasteiger partial charge in [-0.15, -0.1) is 0 Å². The number of aliphatic hydroxyl groups excluding tert-OH is 1. The van der Waals surface area contributed by atoms with E-state index in [1.54, 1.807) is 4.90 Å². The number of anilines is 2. The Balaban J connectivity index is 1.34. The Kier molecular flexibility index (Phi) is 5.79. The van der Waals surface area contributed by atoms with Crippen LogP contribution in [-0.4, -0.2) is 53.6 Å². The Bertz CT molecular complexity index is 1460. The Hall–Kier alpha value is -3.59. The second kappa shape index (κ2) is 9.13. The molecule has 1 amide bonds. The minimum atomic E-state index is -0.464. The molecule has 0 bridgehead atoms. The van der Waals surface area contributed by atoms with Crippen LogP contribution in [-0.2, 0) is 17.8 Å². The van der Waals surface area contributed by atoms with Gasteiger partial charge in [-0.2, -0.15) is 4.98 Å².